The minimum absolute atomic E-state index is 0. The maximum Gasteiger partial charge on any atom is 0.330 e. The molecule has 0 saturated carbocycles. The average Bonchev–Trinajstić information content (AvgIpc) is 2.51. The van der Waals surface area contributed by atoms with Crippen LogP contribution in [0.3, 0.4) is 0 Å². The Hall–Kier alpha value is 0.1000. The third-order valence-corrected chi connectivity index (χ3v) is 4.07. The monoisotopic (exact) mass is 350 g/mol. The molecular weight excluding hydrogens is 313 g/mol. The molecular formula is C19H37NNaO3. The Morgan fingerprint density at radius 3 is 1.54 bits per heavy atom. The molecule has 0 unspecified atom stereocenters. The normalized spacial score (nSPS) is 11.6. The van der Waals surface area contributed by atoms with Gasteiger partial charge in [-0.15, -0.1) is 0 Å². The van der Waals surface area contributed by atoms with Gasteiger partial charge in [0.25, 0.3) is 0 Å². The summed E-state index contributed by atoms with van der Waals surface area (Å²) < 4.78 is 4.62. The van der Waals surface area contributed by atoms with Gasteiger partial charge in [0.1, 0.15) is 6.04 Å². The minimum Gasteiger partial charge on any atom is -0.392 e. The smallest absolute Gasteiger partial charge is 0.330 e. The predicted octanol–water partition coefficient (Wildman–Crippen LogP) is 4.50. The molecule has 0 aliphatic carbocycles. The molecule has 0 saturated heterocycles. The first kappa shape index (κ1) is 26.3. The summed E-state index contributed by atoms with van der Waals surface area (Å²) in [6.07, 6.45) is 16.8. The van der Waals surface area contributed by atoms with E-state index in [0.29, 0.717) is 6.42 Å². The van der Waals surface area contributed by atoms with E-state index >= 15 is 0 Å². The summed E-state index contributed by atoms with van der Waals surface area (Å²) in [4.78, 5) is 22.5. The molecule has 0 aromatic heterocycles. The second kappa shape index (κ2) is 19.4. The van der Waals surface area contributed by atoms with Crippen molar-refractivity contribution in [1.29, 1.82) is 0 Å². The third-order valence-electron chi connectivity index (χ3n) is 4.07. The quantitative estimate of drug-likeness (QED) is 0.204. The van der Waals surface area contributed by atoms with Gasteiger partial charge in [0, 0.05) is 36.0 Å². The molecule has 24 heavy (non-hydrogen) atoms. The topological polar surface area (TPSA) is 69.4 Å². The molecule has 0 bridgehead atoms. The summed E-state index contributed by atoms with van der Waals surface area (Å²) in [6.45, 7) is 3.77. The van der Waals surface area contributed by atoms with E-state index in [1.165, 1.54) is 71.1 Å². The first-order valence-corrected chi connectivity index (χ1v) is 9.58. The van der Waals surface area contributed by atoms with Crippen molar-refractivity contribution >= 4 is 41.5 Å². The van der Waals surface area contributed by atoms with Gasteiger partial charge >= 0.3 is 11.9 Å². The number of carbonyl (C=O) groups excluding carboxylic acids is 2. The van der Waals surface area contributed by atoms with Crippen LogP contribution in [0.4, 0.5) is 0 Å². The van der Waals surface area contributed by atoms with Crippen LogP contribution in [0, 0.1) is 0 Å². The van der Waals surface area contributed by atoms with Crippen molar-refractivity contribution in [2.75, 3.05) is 0 Å². The number of hydrogen-bond acceptors (Lipinski definition) is 4. The maximum absolute atomic E-state index is 11.4. The molecule has 0 fully saturated rings. The standard InChI is InChI=1S/C19H37NO3.Na/c1-3-4-5-6-7-8-9-10-11-12-13-14-15-16-18(21)23-19(22)17(2)20;/h17H,3-16,20H2,1-2H3;/t17-;/m0./s1. The van der Waals surface area contributed by atoms with Gasteiger partial charge in [-0.2, -0.15) is 0 Å². The van der Waals surface area contributed by atoms with Gasteiger partial charge in [-0.05, 0) is 13.3 Å². The van der Waals surface area contributed by atoms with Crippen LogP contribution in [0.25, 0.3) is 0 Å². The molecule has 0 aliphatic heterocycles. The molecule has 4 nitrogen and oxygen atoms in total. The van der Waals surface area contributed by atoms with Crippen molar-refractivity contribution in [2.45, 2.75) is 110 Å². The van der Waals surface area contributed by atoms with E-state index in [0.717, 1.165) is 19.3 Å². The van der Waals surface area contributed by atoms with Crippen molar-refractivity contribution in [3.05, 3.63) is 0 Å². The molecule has 1 atom stereocenters. The molecule has 1 radical (unpaired) electrons. The average molecular weight is 350 g/mol. The van der Waals surface area contributed by atoms with E-state index in [4.69, 9.17) is 5.73 Å². The fraction of sp³-hybridized carbons (Fsp3) is 0.895. The van der Waals surface area contributed by atoms with Crippen LogP contribution in [0.1, 0.15) is 104 Å². The van der Waals surface area contributed by atoms with E-state index in [-0.39, 0.29) is 29.6 Å². The Kier molecular flexibility index (Phi) is 21.3. The largest absolute Gasteiger partial charge is 0.392 e. The Bertz CT molecular complexity index is 309. The van der Waals surface area contributed by atoms with Crippen LogP contribution < -0.4 is 5.73 Å². The molecule has 0 aliphatic rings. The molecule has 0 heterocycles. The van der Waals surface area contributed by atoms with E-state index in [2.05, 4.69) is 11.7 Å². The SMILES string of the molecule is CCCCCCCCCCCCCCCC(=O)OC(=O)[C@H](C)N.[Na]. The van der Waals surface area contributed by atoms with E-state index < -0.39 is 18.0 Å². The number of hydrogen-bond donors (Lipinski definition) is 1. The summed E-state index contributed by atoms with van der Waals surface area (Å²) in [5.74, 6) is -1.08. The molecule has 0 rings (SSSR count). The first-order valence-electron chi connectivity index (χ1n) is 9.58. The van der Waals surface area contributed by atoms with Crippen molar-refractivity contribution in [2.24, 2.45) is 5.73 Å². The molecule has 0 spiro atoms. The molecule has 137 valence electrons. The van der Waals surface area contributed by atoms with Gasteiger partial charge in [0.2, 0.25) is 0 Å². The van der Waals surface area contributed by atoms with Crippen molar-refractivity contribution in [3.8, 4) is 0 Å². The van der Waals surface area contributed by atoms with Crippen LogP contribution in [-0.2, 0) is 14.3 Å². The Balaban J connectivity index is 0. The van der Waals surface area contributed by atoms with E-state index in [1.807, 2.05) is 0 Å². The van der Waals surface area contributed by atoms with Gasteiger partial charge in [0.15, 0.2) is 0 Å². The molecule has 5 heteroatoms. The van der Waals surface area contributed by atoms with Crippen LogP contribution in [0.15, 0.2) is 0 Å². The molecule has 0 aromatic carbocycles. The zero-order valence-electron chi connectivity index (χ0n) is 16.3. The number of rotatable bonds is 15. The fourth-order valence-corrected chi connectivity index (χ4v) is 2.54. The molecule has 0 aromatic rings. The first-order chi connectivity index (χ1) is 11.1. The minimum atomic E-state index is -0.731. The number of nitrogens with two attached hydrogens (primary N) is 1. The van der Waals surface area contributed by atoms with Gasteiger partial charge < -0.3 is 10.5 Å². The number of unbranched alkanes of at least 4 members (excludes halogenated alkanes) is 12. The second-order valence-corrected chi connectivity index (χ2v) is 6.57. The van der Waals surface area contributed by atoms with Crippen LogP contribution in [-0.4, -0.2) is 47.5 Å². The fourth-order valence-electron chi connectivity index (χ4n) is 2.54. The second-order valence-electron chi connectivity index (χ2n) is 6.57. The predicted molar refractivity (Wildman–Crippen MR) is 101 cm³/mol. The molecule has 0 amide bonds. The zero-order chi connectivity index (χ0) is 17.3. The Morgan fingerprint density at radius 1 is 0.792 bits per heavy atom. The van der Waals surface area contributed by atoms with Crippen molar-refractivity contribution < 1.29 is 14.3 Å². The van der Waals surface area contributed by atoms with Crippen LogP contribution in [0.2, 0.25) is 0 Å². The van der Waals surface area contributed by atoms with Gasteiger partial charge in [0.05, 0.1) is 0 Å². The van der Waals surface area contributed by atoms with Crippen molar-refractivity contribution in [1.82, 2.24) is 0 Å². The summed E-state index contributed by atoms with van der Waals surface area (Å²) in [7, 11) is 0. The maximum atomic E-state index is 11.4. The van der Waals surface area contributed by atoms with Gasteiger partial charge in [-0.3, -0.25) is 4.79 Å². The van der Waals surface area contributed by atoms with Gasteiger partial charge in [-0.25, -0.2) is 4.79 Å². The van der Waals surface area contributed by atoms with Crippen LogP contribution >= 0.6 is 0 Å². The summed E-state index contributed by atoms with van der Waals surface area (Å²) in [5, 5.41) is 0. The Morgan fingerprint density at radius 2 is 1.17 bits per heavy atom. The van der Waals surface area contributed by atoms with E-state index in [9.17, 15) is 9.59 Å². The number of esters is 2. The molecule has 2 N–H and O–H groups in total. The zero-order valence-corrected chi connectivity index (χ0v) is 18.3. The van der Waals surface area contributed by atoms with Crippen molar-refractivity contribution in [3.63, 3.8) is 0 Å². The van der Waals surface area contributed by atoms with Gasteiger partial charge in [-0.1, -0.05) is 84.0 Å². The van der Waals surface area contributed by atoms with Crippen LogP contribution in [0.5, 0.6) is 0 Å². The van der Waals surface area contributed by atoms with E-state index in [1.54, 1.807) is 0 Å². The summed E-state index contributed by atoms with van der Waals surface area (Å²) in [5.41, 5.74) is 5.33. The number of carbonyl (C=O) groups is 2. The summed E-state index contributed by atoms with van der Waals surface area (Å²) in [6, 6.07) is -0.731. The number of ether oxygens (including phenoxy) is 1. The Labute approximate surface area is 170 Å². The third kappa shape index (κ3) is 18.4. The summed E-state index contributed by atoms with van der Waals surface area (Å²) >= 11 is 0.